The molecule has 0 spiro atoms. The van der Waals surface area contributed by atoms with Crippen molar-refractivity contribution < 1.29 is 18.0 Å². The first-order valence-electron chi connectivity index (χ1n) is 11.0. The van der Waals surface area contributed by atoms with Crippen LogP contribution in [0.3, 0.4) is 0 Å². The van der Waals surface area contributed by atoms with Crippen LogP contribution in [-0.2, 0) is 21.2 Å². The predicted octanol–water partition coefficient (Wildman–Crippen LogP) is 2.72. The Morgan fingerprint density at radius 1 is 0.882 bits per heavy atom. The fourth-order valence-electron chi connectivity index (χ4n) is 3.72. The first kappa shape index (κ1) is 23.4. The number of benzene rings is 2. The Morgan fingerprint density at radius 3 is 2.15 bits per heavy atom. The summed E-state index contributed by atoms with van der Waals surface area (Å²) in [6.07, 6.45) is 1.90. The Labute approximate surface area is 199 Å². The van der Waals surface area contributed by atoms with E-state index in [1.165, 1.54) is 24.3 Å². The summed E-state index contributed by atoms with van der Waals surface area (Å²) < 4.78 is 27.8. The number of amides is 2. The number of hydrogen-bond acceptors (Lipinski definition) is 5. The van der Waals surface area contributed by atoms with Crippen molar-refractivity contribution >= 4 is 27.5 Å². The van der Waals surface area contributed by atoms with E-state index < -0.39 is 10.0 Å². The summed E-state index contributed by atoms with van der Waals surface area (Å²) in [4.78, 5) is 33.1. The first-order valence-corrected chi connectivity index (χ1v) is 12.5. The van der Waals surface area contributed by atoms with Crippen LogP contribution in [0.4, 0.5) is 5.69 Å². The highest BCUT2D eigenvalue weighted by Crippen LogP contribution is 2.18. The Hall–Kier alpha value is -3.72. The third-order valence-electron chi connectivity index (χ3n) is 5.69. The monoisotopic (exact) mass is 478 g/mol. The van der Waals surface area contributed by atoms with Gasteiger partial charge in [-0.25, -0.2) is 8.42 Å². The summed E-state index contributed by atoms with van der Waals surface area (Å²) in [5.74, 6) is -0.200. The molecule has 3 aromatic rings. The maximum absolute atomic E-state index is 12.9. The summed E-state index contributed by atoms with van der Waals surface area (Å²) in [5.41, 5.74) is 2.63. The molecule has 0 unspecified atom stereocenters. The molecule has 176 valence electrons. The number of nitrogens with zero attached hydrogens (tertiary/aromatic N) is 3. The smallest absolute Gasteiger partial charge is 0.261 e. The third-order valence-corrected chi connectivity index (χ3v) is 7.09. The summed E-state index contributed by atoms with van der Waals surface area (Å²) in [6.45, 7) is 3.66. The number of rotatable bonds is 6. The normalized spacial score (nSPS) is 14.0. The number of aryl methyl sites for hydroxylation is 1. The highest BCUT2D eigenvalue weighted by atomic mass is 32.2. The van der Waals surface area contributed by atoms with E-state index in [-0.39, 0.29) is 23.1 Å². The number of piperazine rings is 1. The van der Waals surface area contributed by atoms with Crippen molar-refractivity contribution in [3.63, 3.8) is 0 Å². The molecule has 1 aliphatic rings. The van der Waals surface area contributed by atoms with E-state index in [9.17, 15) is 18.0 Å². The van der Waals surface area contributed by atoms with Crippen LogP contribution < -0.4 is 4.72 Å². The molecule has 2 heterocycles. The molecule has 0 aliphatic carbocycles. The molecule has 0 atom stereocenters. The Bertz CT molecular complexity index is 1250. The van der Waals surface area contributed by atoms with Gasteiger partial charge in [0.1, 0.15) is 0 Å². The van der Waals surface area contributed by atoms with Crippen molar-refractivity contribution in [2.24, 2.45) is 0 Å². The number of nitrogens with one attached hydrogen (secondary N) is 1. The number of pyridine rings is 1. The van der Waals surface area contributed by atoms with Gasteiger partial charge in [0.05, 0.1) is 11.3 Å². The fraction of sp³-hybridized carbons (Fsp3) is 0.240. The van der Waals surface area contributed by atoms with Gasteiger partial charge in [-0.2, -0.15) is 0 Å². The highest BCUT2D eigenvalue weighted by molar-refractivity contribution is 7.92. The molecule has 1 N–H and O–H groups in total. The topological polar surface area (TPSA) is 99.7 Å². The van der Waals surface area contributed by atoms with Gasteiger partial charge in [-0.3, -0.25) is 19.3 Å². The van der Waals surface area contributed by atoms with Gasteiger partial charge in [0.2, 0.25) is 5.91 Å². The molecule has 1 saturated heterocycles. The van der Waals surface area contributed by atoms with Crippen LogP contribution in [-0.4, -0.2) is 61.2 Å². The molecule has 2 amide bonds. The molecule has 1 aromatic heterocycles. The third kappa shape index (κ3) is 5.60. The second-order valence-electron chi connectivity index (χ2n) is 8.17. The number of aromatic nitrogens is 1. The molecule has 0 saturated carbocycles. The molecule has 0 radical (unpaired) electrons. The lowest BCUT2D eigenvalue weighted by Crippen LogP contribution is -2.51. The lowest BCUT2D eigenvalue weighted by Gasteiger charge is -2.34. The zero-order valence-electron chi connectivity index (χ0n) is 18.8. The lowest BCUT2D eigenvalue weighted by molar-refractivity contribution is -0.132. The second kappa shape index (κ2) is 10.0. The van der Waals surface area contributed by atoms with E-state index in [0.29, 0.717) is 37.4 Å². The van der Waals surface area contributed by atoms with Crippen molar-refractivity contribution in [3.8, 4) is 0 Å². The fourth-order valence-corrected chi connectivity index (χ4v) is 4.78. The SMILES string of the molecule is Cc1ccc(NS(=O)(=O)c2ccc(C(=O)N3CCN(C(=O)Cc4ccccn4)CC3)cc2)cc1. The maximum Gasteiger partial charge on any atom is 0.261 e. The van der Waals surface area contributed by atoms with Crippen molar-refractivity contribution in [3.05, 3.63) is 89.7 Å². The maximum atomic E-state index is 12.9. The Kier molecular flexibility index (Phi) is 6.93. The molecular formula is C25H26N4O4S. The second-order valence-corrected chi connectivity index (χ2v) is 9.85. The minimum Gasteiger partial charge on any atom is -0.339 e. The molecule has 8 nitrogen and oxygen atoms in total. The van der Waals surface area contributed by atoms with Crippen molar-refractivity contribution in [2.75, 3.05) is 30.9 Å². The predicted molar refractivity (Wildman–Crippen MR) is 129 cm³/mol. The van der Waals surface area contributed by atoms with E-state index >= 15 is 0 Å². The molecule has 4 rings (SSSR count). The Balaban J connectivity index is 1.34. The summed E-state index contributed by atoms with van der Waals surface area (Å²) in [5, 5.41) is 0. The van der Waals surface area contributed by atoms with E-state index in [4.69, 9.17) is 0 Å². The number of hydrogen-bond donors (Lipinski definition) is 1. The molecule has 1 aliphatic heterocycles. The zero-order chi connectivity index (χ0) is 24.1. The van der Waals surface area contributed by atoms with E-state index in [0.717, 1.165) is 11.3 Å². The molecule has 34 heavy (non-hydrogen) atoms. The largest absolute Gasteiger partial charge is 0.339 e. The van der Waals surface area contributed by atoms with Gasteiger partial charge in [-0.05, 0) is 55.5 Å². The molecule has 9 heteroatoms. The van der Waals surface area contributed by atoms with Gasteiger partial charge in [0.25, 0.3) is 15.9 Å². The standard InChI is InChI=1S/C25H26N4O4S/c1-19-5-9-21(10-6-19)27-34(32,33)23-11-7-20(8-12-23)25(31)29-16-14-28(15-17-29)24(30)18-22-4-2-3-13-26-22/h2-13,27H,14-18H2,1H3. The summed E-state index contributed by atoms with van der Waals surface area (Å²) in [7, 11) is -3.76. The van der Waals surface area contributed by atoms with Crippen LogP contribution in [0.1, 0.15) is 21.6 Å². The summed E-state index contributed by atoms with van der Waals surface area (Å²) >= 11 is 0. The van der Waals surface area contributed by atoms with Crippen LogP contribution in [0.25, 0.3) is 0 Å². The molecular weight excluding hydrogens is 452 g/mol. The number of anilines is 1. The van der Waals surface area contributed by atoms with Gasteiger partial charge >= 0.3 is 0 Å². The highest BCUT2D eigenvalue weighted by Gasteiger charge is 2.25. The van der Waals surface area contributed by atoms with Gasteiger partial charge in [0, 0.05) is 49.3 Å². The number of carbonyl (C=O) groups excluding carboxylic acids is 2. The molecule has 0 bridgehead atoms. The number of carbonyl (C=O) groups is 2. The van der Waals surface area contributed by atoms with E-state index in [1.54, 1.807) is 34.2 Å². The molecule has 1 fully saturated rings. The van der Waals surface area contributed by atoms with Gasteiger partial charge in [0.15, 0.2) is 0 Å². The van der Waals surface area contributed by atoms with E-state index in [2.05, 4.69) is 9.71 Å². The Morgan fingerprint density at radius 2 is 1.53 bits per heavy atom. The number of sulfonamides is 1. The summed E-state index contributed by atoms with van der Waals surface area (Å²) in [6, 6.07) is 18.4. The quantitative estimate of drug-likeness (QED) is 0.587. The van der Waals surface area contributed by atoms with Gasteiger partial charge < -0.3 is 9.80 Å². The van der Waals surface area contributed by atoms with Crippen molar-refractivity contribution in [1.29, 1.82) is 0 Å². The van der Waals surface area contributed by atoms with Crippen LogP contribution in [0.15, 0.2) is 77.8 Å². The van der Waals surface area contributed by atoms with Crippen molar-refractivity contribution in [2.45, 2.75) is 18.2 Å². The zero-order valence-corrected chi connectivity index (χ0v) is 19.7. The van der Waals surface area contributed by atoms with Crippen LogP contribution >= 0.6 is 0 Å². The van der Waals surface area contributed by atoms with E-state index in [1.807, 2.05) is 31.2 Å². The average Bonchev–Trinajstić information content (AvgIpc) is 2.86. The van der Waals surface area contributed by atoms with Gasteiger partial charge in [-0.15, -0.1) is 0 Å². The van der Waals surface area contributed by atoms with Crippen molar-refractivity contribution in [1.82, 2.24) is 14.8 Å². The lowest BCUT2D eigenvalue weighted by atomic mass is 10.1. The van der Waals surface area contributed by atoms with Crippen LogP contribution in [0, 0.1) is 6.92 Å². The average molecular weight is 479 g/mol. The van der Waals surface area contributed by atoms with Gasteiger partial charge in [-0.1, -0.05) is 23.8 Å². The molecule has 2 aromatic carbocycles. The van der Waals surface area contributed by atoms with Crippen LogP contribution in [0.5, 0.6) is 0 Å². The minimum absolute atomic E-state index is 0.0126. The minimum atomic E-state index is -3.76. The first-order chi connectivity index (χ1) is 16.3. The van der Waals surface area contributed by atoms with Crippen LogP contribution in [0.2, 0.25) is 0 Å².